The highest BCUT2D eigenvalue weighted by atomic mass is 19.1. The van der Waals surface area contributed by atoms with E-state index >= 15 is 13.2 Å². The van der Waals surface area contributed by atoms with Gasteiger partial charge in [0.15, 0.2) is 5.82 Å². The summed E-state index contributed by atoms with van der Waals surface area (Å²) >= 11 is 0. The molecular formula is C52H58F3N9O6. The summed E-state index contributed by atoms with van der Waals surface area (Å²) in [5, 5.41) is 17.6. The molecule has 70 heavy (non-hydrogen) atoms. The molecule has 7 heterocycles. The third-order valence-corrected chi connectivity index (χ3v) is 15.6. The highest BCUT2D eigenvalue weighted by Gasteiger charge is 2.47. The van der Waals surface area contributed by atoms with Gasteiger partial charge < -0.3 is 39.5 Å². The van der Waals surface area contributed by atoms with Crippen LogP contribution in [-0.4, -0.2) is 131 Å². The largest absolute Gasteiger partial charge is 0.508 e. The number of piperidine rings is 3. The van der Waals surface area contributed by atoms with E-state index < -0.39 is 29.4 Å². The number of hydrogen-bond acceptors (Lipinski definition) is 13. The van der Waals surface area contributed by atoms with Crippen LogP contribution in [0.15, 0.2) is 48.7 Å². The van der Waals surface area contributed by atoms with Gasteiger partial charge in [0.25, 0.3) is 0 Å². The number of carbonyl (C=O) groups excluding carboxylic acids is 3. The first-order chi connectivity index (χ1) is 33.9. The molecule has 5 aliphatic heterocycles. The van der Waals surface area contributed by atoms with Gasteiger partial charge >= 0.3 is 6.01 Å². The molecule has 5 aromatic rings. The van der Waals surface area contributed by atoms with Crippen molar-refractivity contribution in [3.8, 4) is 23.0 Å². The molecule has 6 aliphatic rings. The number of benzene rings is 3. The van der Waals surface area contributed by atoms with Crippen molar-refractivity contribution in [3.05, 3.63) is 71.7 Å². The van der Waals surface area contributed by atoms with E-state index in [1.165, 1.54) is 18.2 Å². The SMILES string of the molecule is CCc1c(F)ccc2cc(O)cc(-c3ncc4c(N5CCCC6(CCO6)C5)nc(OCC5(CN6CCC(C(=O)N7CCN(c8ccc(NC9CCC(=O)NC9=O)cc8F)CC7)CC6)CC5)nc4c3F)c12. The van der Waals surface area contributed by atoms with E-state index in [0.29, 0.717) is 104 Å². The van der Waals surface area contributed by atoms with Crippen molar-refractivity contribution in [2.75, 3.05) is 87.2 Å². The van der Waals surface area contributed by atoms with Gasteiger partial charge in [0.1, 0.15) is 40.5 Å². The van der Waals surface area contributed by atoms with Crippen molar-refractivity contribution in [1.29, 1.82) is 0 Å². The van der Waals surface area contributed by atoms with E-state index in [9.17, 15) is 19.5 Å². The van der Waals surface area contributed by atoms with Crippen LogP contribution in [0.1, 0.15) is 70.3 Å². The number of aromatic nitrogens is 3. The second-order valence-electron chi connectivity index (χ2n) is 20.3. The summed E-state index contributed by atoms with van der Waals surface area (Å²) in [7, 11) is 0. The average molecular weight is 962 g/mol. The number of phenolic OH excluding ortho intramolecular Hbond substituents is 1. The molecule has 6 fully saturated rings. The number of phenols is 1. The lowest BCUT2D eigenvalue weighted by Crippen LogP contribution is -2.56. The van der Waals surface area contributed by atoms with E-state index in [2.05, 4.69) is 25.4 Å². The van der Waals surface area contributed by atoms with E-state index in [1.54, 1.807) is 30.5 Å². The molecular weight excluding hydrogens is 904 g/mol. The zero-order chi connectivity index (χ0) is 48.3. The summed E-state index contributed by atoms with van der Waals surface area (Å²) < 4.78 is 60.3. The van der Waals surface area contributed by atoms with Crippen molar-refractivity contribution >= 4 is 56.6 Å². The monoisotopic (exact) mass is 961 g/mol. The minimum absolute atomic E-state index is 0.0329. The molecule has 3 aromatic carbocycles. The molecule has 0 radical (unpaired) electrons. The Morgan fingerprint density at radius 3 is 2.44 bits per heavy atom. The normalized spacial score (nSPS) is 22.9. The lowest BCUT2D eigenvalue weighted by Gasteiger charge is -2.48. The number of fused-ring (bicyclic) bond motifs is 2. The van der Waals surface area contributed by atoms with Crippen molar-refractivity contribution in [2.45, 2.75) is 82.8 Å². The molecule has 2 unspecified atom stereocenters. The smallest absolute Gasteiger partial charge is 0.319 e. The molecule has 2 aromatic heterocycles. The second kappa shape index (κ2) is 18.5. The van der Waals surface area contributed by atoms with Gasteiger partial charge in [-0.3, -0.25) is 24.7 Å². The Hall–Kier alpha value is -6.27. The first-order valence-corrected chi connectivity index (χ1v) is 24.9. The van der Waals surface area contributed by atoms with Crippen molar-refractivity contribution in [2.24, 2.45) is 11.3 Å². The molecule has 368 valence electrons. The Bertz CT molecular complexity index is 2880. The van der Waals surface area contributed by atoms with Crippen LogP contribution in [0.3, 0.4) is 0 Å². The number of pyridine rings is 1. The number of amides is 3. The third kappa shape index (κ3) is 8.92. The Morgan fingerprint density at radius 1 is 0.929 bits per heavy atom. The Morgan fingerprint density at radius 2 is 1.73 bits per heavy atom. The summed E-state index contributed by atoms with van der Waals surface area (Å²) in [6, 6.07) is 10.2. The van der Waals surface area contributed by atoms with Gasteiger partial charge in [0.05, 0.1) is 29.9 Å². The number of hydrogen-bond donors (Lipinski definition) is 3. The minimum Gasteiger partial charge on any atom is -0.508 e. The molecule has 3 amide bonds. The second-order valence-corrected chi connectivity index (χ2v) is 20.3. The lowest BCUT2D eigenvalue weighted by molar-refractivity contribution is -0.151. The molecule has 1 spiro atoms. The fourth-order valence-corrected chi connectivity index (χ4v) is 11.4. The number of imide groups is 1. The number of halogens is 3. The molecule has 0 bridgehead atoms. The van der Waals surface area contributed by atoms with Crippen molar-refractivity contribution in [1.82, 2.24) is 30.1 Å². The van der Waals surface area contributed by atoms with Crippen LogP contribution in [0.4, 0.5) is 30.4 Å². The number of aryl methyl sites for hydroxylation is 1. The molecule has 1 saturated carbocycles. The number of carbonyl (C=O) groups is 3. The predicted octanol–water partition coefficient (Wildman–Crippen LogP) is 6.73. The first-order valence-electron chi connectivity index (χ1n) is 24.9. The quantitative estimate of drug-likeness (QED) is 0.113. The summed E-state index contributed by atoms with van der Waals surface area (Å²) in [6.45, 7) is 8.48. The fourth-order valence-electron chi connectivity index (χ4n) is 11.4. The van der Waals surface area contributed by atoms with Crippen LogP contribution in [0.25, 0.3) is 32.9 Å². The number of likely N-dealkylation sites (tertiary alicyclic amines) is 1. The number of anilines is 3. The van der Waals surface area contributed by atoms with Gasteiger partial charge in [0.2, 0.25) is 17.7 Å². The molecule has 5 saturated heterocycles. The number of nitrogens with one attached hydrogen (secondary N) is 2. The molecule has 2 atom stereocenters. The van der Waals surface area contributed by atoms with Gasteiger partial charge in [-0.25, -0.2) is 13.2 Å². The van der Waals surface area contributed by atoms with Gasteiger partial charge in [-0.2, -0.15) is 9.97 Å². The molecule has 3 N–H and O–H groups in total. The zero-order valence-corrected chi connectivity index (χ0v) is 39.4. The number of rotatable bonds is 12. The van der Waals surface area contributed by atoms with Crippen LogP contribution < -0.4 is 25.2 Å². The number of ether oxygens (including phenoxy) is 2. The predicted molar refractivity (Wildman–Crippen MR) is 257 cm³/mol. The number of aromatic hydroxyl groups is 1. The summed E-state index contributed by atoms with van der Waals surface area (Å²) in [4.78, 5) is 60.1. The standard InChI is InChI=1S/C52H58F3N9O6/c1-2-35-38(53)6-4-32-24-34(65)26-36(43(32)35)45-44(55)46-37(27-56-45)47(64-16-3-12-52(29-64)15-23-70-52)60-50(59-46)69-30-51(13-14-51)28-61-17-10-31(11-18-61)49(68)63-21-19-62(20-22-63)41-8-5-33(25-39(41)54)57-40-7-9-42(66)58-48(40)67/h4-6,8,24-27,31,40,57,65H,2-3,7,9-23,28-30H2,1H3,(H,58,66,67). The van der Waals surface area contributed by atoms with Crippen LogP contribution >= 0.6 is 0 Å². The van der Waals surface area contributed by atoms with Crippen molar-refractivity contribution in [3.63, 3.8) is 0 Å². The Labute approximate surface area is 403 Å². The first kappa shape index (κ1) is 46.1. The van der Waals surface area contributed by atoms with E-state index in [1.807, 2.05) is 16.7 Å². The third-order valence-electron chi connectivity index (χ3n) is 15.6. The summed E-state index contributed by atoms with van der Waals surface area (Å²) in [5.41, 5.74) is 1.16. The van der Waals surface area contributed by atoms with Gasteiger partial charge in [0, 0.05) is 87.4 Å². The molecule has 11 rings (SSSR count). The van der Waals surface area contributed by atoms with Crippen molar-refractivity contribution < 1.29 is 42.1 Å². The maximum Gasteiger partial charge on any atom is 0.319 e. The maximum atomic E-state index is 17.2. The van der Waals surface area contributed by atoms with Gasteiger partial charge in [-0.15, -0.1) is 0 Å². The van der Waals surface area contributed by atoms with E-state index in [-0.39, 0.29) is 63.7 Å². The van der Waals surface area contributed by atoms with Crippen LogP contribution in [0.2, 0.25) is 0 Å². The van der Waals surface area contributed by atoms with Crippen LogP contribution in [0, 0.1) is 28.8 Å². The number of nitrogens with zero attached hydrogens (tertiary/aromatic N) is 7. The summed E-state index contributed by atoms with van der Waals surface area (Å²) in [5.74, 6) is -1.79. The topological polar surface area (TPSA) is 166 Å². The highest BCUT2D eigenvalue weighted by Crippen LogP contribution is 2.48. The lowest BCUT2D eigenvalue weighted by atomic mass is 9.86. The molecule has 1 aliphatic carbocycles. The Balaban J connectivity index is 0.741. The summed E-state index contributed by atoms with van der Waals surface area (Å²) in [6.07, 6.45) is 8.63. The fraction of sp³-hybridized carbons (Fsp3) is 0.500. The Kier molecular flexibility index (Phi) is 12.2. The van der Waals surface area contributed by atoms with Crippen LogP contribution in [0.5, 0.6) is 11.8 Å². The van der Waals surface area contributed by atoms with E-state index in [4.69, 9.17) is 19.4 Å². The zero-order valence-electron chi connectivity index (χ0n) is 39.4. The highest BCUT2D eigenvalue weighted by molar-refractivity contribution is 6.02. The maximum absolute atomic E-state index is 17.2. The van der Waals surface area contributed by atoms with E-state index in [0.717, 1.165) is 64.6 Å². The average Bonchev–Trinajstić information content (AvgIpc) is 4.13. The van der Waals surface area contributed by atoms with Crippen LogP contribution in [-0.2, 0) is 25.5 Å². The minimum atomic E-state index is -0.710. The molecule has 18 heteroatoms. The van der Waals surface area contributed by atoms with Gasteiger partial charge in [-0.1, -0.05) is 13.0 Å². The number of piperazine rings is 1. The molecule has 15 nitrogen and oxygen atoms in total. The van der Waals surface area contributed by atoms with Gasteiger partial charge in [-0.05, 0) is 117 Å².